The van der Waals surface area contributed by atoms with Crippen LogP contribution in [-0.2, 0) is 16.0 Å². The third kappa shape index (κ3) is 7.34. The number of hydrogen-bond acceptors (Lipinski definition) is 2. The number of carboxylic acid groups (broad SMARTS) is 1. The van der Waals surface area contributed by atoms with Crippen LogP contribution in [0.25, 0.3) is 0 Å². The van der Waals surface area contributed by atoms with Gasteiger partial charge >= 0.3 is 86.2 Å². The molecule has 20 heavy (non-hydrogen) atoms. The van der Waals surface area contributed by atoms with E-state index >= 15 is 0 Å². The van der Waals surface area contributed by atoms with Crippen molar-refractivity contribution in [3.63, 3.8) is 0 Å². The summed E-state index contributed by atoms with van der Waals surface area (Å²) in [5.74, 6) is -0.495. The quantitative estimate of drug-likeness (QED) is 0.791. The smallest absolute Gasteiger partial charge is 0.219 e. The molecule has 0 radical (unpaired) electrons. The Morgan fingerprint density at radius 3 is 2.55 bits per heavy atom. The second-order valence-corrected chi connectivity index (χ2v) is 6.06. The van der Waals surface area contributed by atoms with Crippen molar-refractivity contribution >= 4 is 33.1 Å². The van der Waals surface area contributed by atoms with Gasteiger partial charge in [0.25, 0.3) is 0 Å². The van der Waals surface area contributed by atoms with Gasteiger partial charge in [-0.1, -0.05) is 0 Å². The van der Waals surface area contributed by atoms with Crippen molar-refractivity contribution < 1.29 is 14.7 Å². The van der Waals surface area contributed by atoms with Crippen LogP contribution in [0.1, 0.15) is 37.7 Å². The van der Waals surface area contributed by atoms with E-state index in [1.165, 1.54) is 9.91 Å². The van der Waals surface area contributed by atoms with Crippen LogP contribution in [-0.4, -0.2) is 40.4 Å². The van der Waals surface area contributed by atoms with Crippen LogP contribution >= 0.6 is 0 Å². The van der Waals surface area contributed by atoms with Crippen LogP contribution < -0.4 is 9.67 Å². The summed E-state index contributed by atoms with van der Waals surface area (Å²) >= 11 is 1.60. The number of rotatable bonds is 4. The van der Waals surface area contributed by atoms with Crippen LogP contribution in [0.15, 0.2) is 24.3 Å². The summed E-state index contributed by atoms with van der Waals surface area (Å²) in [7, 11) is 0. The van der Waals surface area contributed by atoms with Gasteiger partial charge < -0.3 is 5.32 Å². The molecule has 110 valence electrons. The summed E-state index contributed by atoms with van der Waals surface area (Å²) < 4.78 is 1.31. The van der Waals surface area contributed by atoms with Gasteiger partial charge in [-0.3, -0.25) is 4.79 Å². The first-order valence-corrected chi connectivity index (χ1v) is 8.12. The van der Waals surface area contributed by atoms with E-state index in [1.54, 1.807) is 16.9 Å². The van der Waals surface area contributed by atoms with Crippen molar-refractivity contribution in [1.29, 1.82) is 0 Å². The maximum atomic E-state index is 10.4. The molecule has 1 aliphatic rings. The van der Waals surface area contributed by atoms with Crippen LogP contribution in [0.2, 0.25) is 0 Å². The summed E-state index contributed by atoms with van der Waals surface area (Å²) in [4.78, 5) is 20.6. The van der Waals surface area contributed by atoms with Crippen LogP contribution in [0.5, 0.6) is 0 Å². The van der Waals surface area contributed by atoms with Gasteiger partial charge in [0, 0.05) is 13.0 Å². The molecule has 0 saturated carbocycles. The van der Waals surface area contributed by atoms with Gasteiger partial charge in [-0.25, -0.2) is 0 Å². The van der Waals surface area contributed by atoms with E-state index in [0.29, 0.717) is 0 Å². The molecular formula is C15H22AsNO3. The first-order valence-electron chi connectivity index (χ1n) is 6.91. The number of carbonyl (C=O) groups is 2. The number of carboxylic acids is 1. The van der Waals surface area contributed by atoms with E-state index < -0.39 is 5.97 Å². The minimum atomic E-state index is -0.709. The van der Waals surface area contributed by atoms with E-state index in [0.717, 1.165) is 38.6 Å². The number of benzene rings is 1. The topological polar surface area (TPSA) is 66.4 Å². The molecule has 5 heteroatoms. The zero-order valence-electron chi connectivity index (χ0n) is 11.6. The van der Waals surface area contributed by atoms with Gasteiger partial charge in [0.1, 0.15) is 0 Å². The standard InChI is InChI=1S/C10H13AsO2.C5H9NO/c11-9-6-2-1-4-8(9)5-3-7-10(12)13;7-5-3-1-2-4-6-5/h1-2,4,6H,3,5,7,11H2,(H,12,13);1-4H2,(H,6,7). The average Bonchev–Trinajstić information content (AvgIpc) is 2.42. The molecule has 2 N–H and O–H groups in total. The molecule has 4 nitrogen and oxygen atoms in total. The van der Waals surface area contributed by atoms with Crippen molar-refractivity contribution in [2.45, 2.75) is 38.5 Å². The fourth-order valence-electron chi connectivity index (χ4n) is 1.92. The first kappa shape index (κ1) is 16.8. The van der Waals surface area contributed by atoms with Crippen molar-refractivity contribution in [1.82, 2.24) is 5.32 Å². The Labute approximate surface area is 128 Å². The van der Waals surface area contributed by atoms with Crippen molar-refractivity contribution in [2.75, 3.05) is 6.54 Å². The van der Waals surface area contributed by atoms with Crippen molar-refractivity contribution in [3.05, 3.63) is 29.8 Å². The van der Waals surface area contributed by atoms with Crippen LogP contribution in [0.3, 0.4) is 0 Å². The molecule has 1 amide bonds. The summed E-state index contributed by atoms with van der Waals surface area (Å²) in [6, 6.07) is 8.16. The molecule has 1 aromatic carbocycles. The molecule has 0 aromatic heterocycles. The van der Waals surface area contributed by atoms with Gasteiger partial charge in [0.2, 0.25) is 5.91 Å². The van der Waals surface area contributed by atoms with E-state index in [9.17, 15) is 9.59 Å². The number of amides is 1. The molecule has 0 aliphatic carbocycles. The number of aliphatic carboxylic acids is 1. The molecular weight excluding hydrogens is 317 g/mol. The molecule has 1 aliphatic heterocycles. The molecule has 1 fully saturated rings. The molecule has 2 rings (SSSR count). The summed E-state index contributed by atoms with van der Waals surface area (Å²) in [6.45, 7) is 0.888. The molecule has 0 spiro atoms. The second kappa shape index (κ2) is 9.60. The van der Waals surface area contributed by atoms with E-state index in [4.69, 9.17) is 5.11 Å². The molecule has 1 unspecified atom stereocenters. The fraction of sp³-hybridized carbons (Fsp3) is 0.467. The van der Waals surface area contributed by atoms with E-state index in [2.05, 4.69) is 17.4 Å². The molecule has 1 heterocycles. The summed E-state index contributed by atoms with van der Waals surface area (Å²) in [5.41, 5.74) is 1.28. The Morgan fingerprint density at radius 2 is 2.05 bits per heavy atom. The van der Waals surface area contributed by atoms with Gasteiger partial charge in [-0.2, -0.15) is 0 Å². The van der Waals surface area contributed by atoms with E-state index in [-0.39, 0.29) is 12.3 Å². The normalized spacial score (nSPS) is 13.9. The van der Waals surface area contributed by atoms with Gasteiger partial charge in [0.05, 0.1) is 0 Å². The number of piperidine rings is 1. The summed E-state index contributed by atoms with van der Waals surface area (Å²) in [5, 5.41) is 11.2. The Kier molecular flexibility index (Phi) is 8.05. The second-order valence-electron chi connectivity index (χ2n) is 4.75. The maximum Gasteiger partial charge on any atom is 0.219 e. The molecule has 1 atom stereocenters. The predicted octanol–water partition coefficient (Wildman–Crippen LogP) is 0.639. The minimum Gasteiger partial charge on any atom is -0.356 e. The number of aryl methyl sites for hydroxylation is 1. The molecule has 1 saturated heterocycles. The first-order chi connectivity index (χ1) is 9.59. The van der Waals surface area contributed by atoms with Gasteiger partial charge in [-0.15, -0.1) is 0 Å². The Morgan fingerprint density at radius 1 is 1.30 bits per heavy atom. The Bertz CT molecular complexity index is 440. The Balaban J connectivity index is 0.000000240. The molecule has 0 bridgehead atoms. The van der Waals surface area contributed by atoms with Crippen LogP contribution in [0.4, 0.5) is 0 Å². The average molecular weight is 339 g/mol. The van der Waals surface area contributed by atoms with Crippen LogP contribution in [0, 0.1) is 0 Å². The molecule has 1 aromatic rings. The zero-order valence-corrected chi connectivity index (χ0v) is 14.0. The summed E-state index contributed by atoms with van der Waals surface area (Å²) in [6.07, 6.45) is 4.84. The zero-order chi connectivity index (χ0) is 14.8. The third-order valence-corrected chi connectivity index (χ3v) is 4.23. The number of carbonyl (C=O) groups excluding carboxylic acids is 1. The Hall–Kier alpha value is -1.28. The monoisotopic (exact) mass is 339 g/mol. The van der Waals surface area contributed by atoms with E-state index in [1.807, 2.05) is 12.1 Å². The maximum absolute atomic E-state index is 10.4. The van der Waals surface area contributed by atoms with Gasteiger partial charge in [0.15, 0.2) is 0 Å². The fourth-order valence-corrected chi connectivity index (χ4v) is 2.66. The van der Waals surface area contributed by atoms with Crippen molar-refractivity contribution in [2.24, 2.45) is 0 Å². The largest absolute Gasteiger partial charge is 0.356 e. The minimum absolute atomic E-state index is 0.214. The third-order valence-electron chi connectivity index (χ3n) is 3.04. The number of hydrogen-bond donors (Lipinski definition) is 2. The predicted molar refractivity (Wildman–Crippen MR) is 82.1 cm³/mol. The number of nitrogens with one attached hydrogen (secondary N) is 1. The van der Waals surface area contributed by atoms with Gasteiger partial charge in [-0.05, 0) is 12.8 Å². The van der Waals surface area contributed by atoms with Crippen molar-refractivity contribution in [3.8, 4) is 0 Å². The SMILES string of the molecule is O=C(O)CCCc1ccccc1[AsH2].O=C1CCCCN1.